The van der Waals surface area contributed by atoms with Crippen LogP contribution in [0.1, 0.15) is 76.3 Å². The van der Waals surface area contributed by atoms with Crippen LogP contribution in [0.25, 0.3) is 10.9 Å². The Labute approximate surface area is 255 Å². The minimum absolute atomic E-state index is 0.0319. The van der Waals surface area contributed by atoms with Crippen LogP contribution < -0.4 is 4.90 Å². The van der Waals surface area contributed by atoms with E-state index in [4.69, 9.17) is 28.3 Å². The third-order valence-corrected chi connectivity index (χ3v) is 9.24. The fourth-order valence-electron chi connectivity index (χ4n) is 6.46. The first-order valence-corrected chi connectivity index (χ1v) is 15.3. The van der Waals surface area contributed by atoms with E-state index in [1.807, 2.05) is 36.4 Å². The van der Waals surface area contributed by atoms with Gasteiger partial charge in [0.05, 0.1) is 17.1 Å². The molecule has 5 nitrogen and oxygen atoms in total. The van der Waals surface area contributed by atoms with Crippen molar-refractivity contribution in [1.29, 1.82) is 0 Å². The van der Waals surface area contributed by atoms with Gasteiger partial charge in [-0.3, -0.25) is 4.68 Å². The minimum Gasteiger partial charge on any atom is -0.478 e. The van der Waals surface area contributed by atoms with Gasteiger partial charge in [0.15, 0.2) is 0 Å². The third-order valence-electron chi connectivity index (χ3n) is 8.73. The van der Waals surface area contributed by atoms with E-state index < -0.39 is 5.97 Å². The lowest BCUT2D eigenvalue weighted by molar-refractivity contribution is 0.0697. The molecular weight excluding hydrogens is 565 g/mol. The van der Waals surface area contributed by atoms with Gasteiger partial charge in [0.1, 0.15) is 0 Å². The molecule has 0 amide bonds. The zero-order chi connectivity index (χ0) is 28.8. The van der Waals surface area contributed by atoms with E-state index in [2.05, 4.69) is 52.0 Å². The molecule has 0 radical (unpaired) electrons. The molecule has 0 bridgehead atoms. The highest BCUT2D eigenvalue weighted by Crippen LogP contribution is 2.44. The lowest BCUT2D eigenvalue weighted by Gasteiger charge is -2.34. The van der Waals surface area contributed by atoms with Crippen LogP contribution in [0.5, 0.6) is 0 Å². The molecule has 0 spiro atoms. The topological polar surface area (TPSA) is 58.4 Å². The number of hydrogen-bond acceptors (Lipinski definition) is 3. The molecule has 7 rings (SSSR count). The smallest absolute Gasteiger partial charge is 0.335 e. The van der Waals surface area contributed by atoms with Crippen molar-refractivity contribution in [2.24, 2.45) is 0 Å². The minimum atomic E-state index is -0.891. The quantitative estimate of drug-likeness (QED) is 0.191. The predicted molar refractivity (Wildman–Crippen MR) is 169 cm³/mol. The summed E-state index contributed by atoms with van der Waals surface area (Å²) in [6, 6.07) is 30.7. The van der Waals surface area contributed by atoms with Crippen LogP contribution in [0, 0.1) is 0 Å². The van der Waals surface area contributed by atoms with E-state index in [0.717, 1.165) is 47.2 Å². The van der Waals surface area contributed by atoms with Crippen molar-refractivity contribution in [2.75, 3.05) is 18.0 Å². The van der Waals surface area contributed by atoms with Gasteiger partial charge in [-0.1, -0.05) is 59.6 Å². The van der Waals surface area contributed by atoms with Crippen LogP contribution in [-0.4, -0.2) is 33.9 Å². The van der Waals surface area contributed by atoms with E-state index in [-0.39, 0.29) is 5.92 Å². The molecular formula is C35H31Cl2N3O2. The van der Waals surface area contributed by atoms with Gasteiger partial charge in [-0.15, -0.1) is 0 Å². The van der Waals surface area contributed by atoms with Gasteiger partial charge >= 0.3 is 5.97 Å². The lowest BCUT2D eigenvalue weighted by atomic mass is 9.84. The summed E-state index contributed by atoms with van der Waals surface area (Å²) in [6.45, 7) is 1.76. The van der Waals surface area contributed by atoms with Crippen molar-refractivity contribution in [3.63, 3.8) is 0 Å². The largest absolute Gasteiger partial charge is 0.478 e. The van der Waals surface area contributed by atoms with Crippen LogP contribution in [0.15, 0.2) is 91.0 Å². The molecule has 42 heavy (non-hydrogen) atoms. The Morgan fingerprint density at radius 2 is 1.40 bits per heavy atom. The lowest BCUT2D eigenvalue weighted by Crippen LogP contribution is -2.33. The molecule has 212 valence electrons. The van der Waals surface area contributed by atoms with Crippen LogP contribution in [-0.2, 0) is 0 Å². The van der Waals surface area contributed by atoms with Crippen molar-refractivity contribution in [3.05, 3.63) is 129 Å². The standard InChI is InChI=1S/C35H31Cl2N3O2/c36-27-9-4-22(5-10-27)33(23-6-11-28(37)12-7-23)25-8-15-32-31(21-25)34(40(38-32)29-13-14-29)24-16-18-39(19-17-24)30-3-1-2-26(20-30)35(41)42/h1-12,15,20-21,24,29,33H,13-14,16-19H2,(H,41,42). The molecule has 1 N–H and O–H groups in total. The van der Waals surface area contributed by atoms with Crippen LogP contribution in [0.3, 0.4) is 0 Å². The molecule has 2 heterocycles. The molecule has 4 aromatic carbocycles. The van der Waals surface area contributed by atoms with E-state index in [1.165, 1.54) is 40.6 Å². The summed E-state index contributed by atoms with van der Waals surface area (Å²) >= 11 is 12.5. The van der Waals surface area contributed by atoms with Crippen LogP contribution >= 0.6 is 23.2 Å². The van der Waals surface area contributed by atoms with Crippen molar-refractivity contribution in [3.8, 4) is 0 Å². The SMILES string of the molecule is O=C(O)c1cccc(N2CCC(c3c4cc(C(c5ccc(Cl)cc5)c5ccc(Cl)cc5)ccc4nn3C3CC3)CC2)c1. The highest BCUT2D eigenvalue weighted by atomic mass is 35.5. The van der Waals surface area contributed by atoms with Crippen LogP contribution in [0.2, 0.25) is 10.0 Å². The second-order valence-electron chi connectivity index (χ2n) is 11.5. The maximum Gasteiger partial charge on any atom is 0.335 e. The molecule has 0 unspecified atom stereocenters. The monoisotopic (exact) mass is 595 g/mol. The third kappa shape index (κ3) is 5.28. The highest BCUT2D eigenvalue weighted by molar-refractivity contribution is 6.30. The number of carboxylic acids is 1. The summed E-state index contributed by atoms with van der Waals surface area (Å²) in [5.74, 6) is -0.475. The zero-order valence-corrected chi connectivity index (χ0v) is 24.6. The maximum atomic E-state index is 11.5. The first-order chi connectivity index (χ1) is 20.4. The molecule has 1 aliphatic carbocycles. The average Bonchev–Trinajstić information content (AvgIpc) is 3.79. The molecule has 2 fully saturated rings. The number of aromatic nitrogens is 2. The number of fused-ring (bicyclic) bond motifs is 1. The van der Waals surface area contributed by atoms with Gasteiger partial charge in [0.2, 0.25) is 0 Å². The number of aromatic carboxylic acids is 1. The van der Waals surface area contributed by atoms with Gasteiger partial charge in [-0.05, 0) is 97.0 Å². The Kier molecular flexibility index (Phi) is 7.17. The second kappa shape index (κ2) is 11.1. The van der Waals surface area contributed by atoms with Crippen molar-refractivity contribution in [2.45, 2.75) is 43.6 Å². The Morgan fingerprint density at radius 3 is 2.00 bits per heavy atom. The number of benzene rings is 4. The van der Waals surface area contributed by atoms with E-state index >= 15 is 0 Å². The van der Waals surface area contributed by atoms with Gasteiger partial charge in [-0.2, -0.15) is 5.10 Å². The molecule has 0 atom stereocenters. The Balaban J connectivity index is 1.25. The maximum absolute atomic E-state index is 11.5. The van der Waals surface area contributed by atoms with Gasteiger partial charge < -0.3 is 10.0 Å². The summed E-state index contributed by atoms with van der Waals surface area (Å²) < 4.78 is 2.32. The predicted octanol–water partition coefficient (Wildman–Crippen LogP) is 8.94. The molecule has 2 aliphatic rings. The summed E-state index contributed by atoms with van der Waals surface area (Å²) in [7, 11) is 0. The Morgan fingerprint density at radius 1 is 0.786 bits per heavy atom. The van der Waals surface area contributed by atoms with Gasteiger partial charge in [-0.25, -0.2) is 4.79 Å². The normalized spacial score (nSPS) is 15.9. The molecule has 1 aliphatic heterocycles. The zero-order valence-electron chi connectivity index (χ0n) is 23.1. The number of carboxylic acid groups (broad SMARTS) is 1. The molecule has 1 saturated heterocycles. The van der Waals surface area contributed by atoms with E-state index in [1.54, 1.807) is 12.1 Å². The Bertz CT molecular complexity index is 1710. The fourth-order valence-corrected chi connectivity index (χ4v) is 6.71. The van der Waals surface area contributed by atoms with Crippen molar-refractivity contribution >= 4 is 45.8 Å². The number of piperidine rings is 1. The number of carbonyl (C=O) groups is 1. The molecule has 5 aromatic rings. The summed E-state index contributed by atoms with van der Waals surface area (Å²) in [6.07, 6.45) is 4.33. The van der Waals surface area contributed by atoms with E-state index in [0.29, 0.717) is 17.5 Å². The second-order valence-corrected chi connectivity index (χ2v) is 12.4. The molecule has 7 heteroatoms. The highest BCUT2D eigenvalue weighted by Gasteiger charge is 2.33. The summed E-state index contributed by atoms with van der Waals surface area (Å²) in [5, 5.41) is 17.3. The number of rotatable bonds is 7. The summed E-state index contributed by atoms with van der Waals surface area (Å²) in [5.41, 5.74) is 7.26. The number of hydrogen-bond donors (Lipinski definition) is 1. The number of anilines is 1. The van der Waals surface area contributed by atoms with Crippen LogP contribution in [0.4, 0.5) is 5.69 Å². The molecule has 1 aromatic heterocycles. The fraction of sp³-hybridized carbons (Fsp3) is 0.257. The van der Waals surface area contributed by atoms with Gasteiger partial charge in [0.25, 0.3) is 0 Å². The van der Waals surface area contributed by atoms with Crippen molar-refractivity contribution < 1.29 is 9.90 Å². The van der Waals surface area contributed by atoms with Gasteiger partial charge in [0, 0.05) is 51.7 Å². The van der Waals surface area contributed by atoms with Crippen molar-refractivity contribution in [1.82, 2.24) is 9.78 Å². The number of nitrogens with zero attached hydrogens (tertiary/aromatic N) is 3. The summed E-state index contributed by atoms with van der Waals surface area (Å²) in [4.78, 5) is 13.8. The molecule has 1 saturated carbocycles. The first kappa shape index (κ1) is 27.1. The first-order valence-electron chi connectivity index (χ1n) is 14.6. The average molecular weight is 597 g/mol. The number of halogens is 2. The Hall–Kier alpha value is -3.80. The van der Waals surface area contributed by atoms with E-state index in [9.17, 15) is 9.90 Å².